The highest BCUT2D eigenvalue weighted by molar-refractivity contribution is 7.89. The number of hydrogen-bond acceptors (Lipinski definition) is 4. The zero-order valence-electron chi connectivity index (χ0n) is 18.2. The topological polar surface area (TPSA) is 58.6 Å². The third-order valence-electron chi connectivity index (χ3n) is 5.91. The zero-order chi connectivity index (χ0) is 22.2. The van der Waals surface area contributed by atoms with E-state index in [4.69, 9.17) is 4.74 Å². The first-order valence-electron chi connectivity index (χ1n) is 11.2. The maximum Gasteiger partial charge on any atom is 0.240 e. The van der Waals surface area contributed by atoms with Gasteiger partial charge in [0.25, 0.3) is 0 Å². The van der Waals surface area contributed by atoms with E-state index >= 15 is 0 Å². The molecule has 0 saturated carbocycles. The van der Waals surface area contributed by atoms with Crippen LogP contribution in [0, 0.1) is 5.92 Å². The molecule has 0 spiro atoms. The molecule has 0 atom stereocenters. The average molecular weight is 451 g/mol. The van der Waals surface area contributed by atoms with Gasteiger partial charge in [-0.05, 0) is 80.2 Å². The Morgan fingerprint density at radius 2 is 1.41 bits per heavy atom. The van der Waals surface area contributed by atoms with E-state index in [-0.39, 0.29) is 4.90 Å². The van der Waals surface area contributed by atoms with E-state index in [1.54, 1.807) is 24.3 Å². The zero-order valence-corrected chi connectivity index (χ0v) is 19.0. The molecular formula is C26H30N2O3S. The van der Waals surface area contributed by atoms with Gasteiger partial charge in [-0.15, -0.1) is 0 Å². The van der Waals surface area contributed by atoms with Crippen molar-refractivity contribution >= 4 is 10.0 Å². The van der Waals surface area contributed by atoms with E-state index in [2.05, 4.69) is 40.0 Å². The van der Waals surface area contributed by atoms with Crippen LogP contribution in [0.1, 0.15) is 18.4 Å². The lowest BCUT2D eigenvalue weighted by Crippen LogP contribution is -2.39. The summed E-state index contributed by atoms with van der Waals surface area (Å²) in [5.74, 6) is 2.03. The molecule has 1 aliphatic rings. The van der Waals surface area contributed by atoms with Crippen molar-refractivity contribution in [2.75, 3.05) is 26.2 Å². The maximum atomic E-state index is 12.6. The van der Waals surface area contributed by atoms with Crippen LogP contribution in [0.5, 0.6) is 11.5 Å². The molecule has 5 nitrogen and oxygen atoms in total. The van der Waals surface area contributed by atoms with Crippen LogP contribution in [0.3, 0.4) is 0 Å². The molecule has 1 N–H and O–H groups in total. The molecule has 6 heteroatoms. The van der Waals surface area contributed by atoms with Gasteiger partial charge in [0, 0.05) is 13.1 Å². The number of nitrogens with one attached hydrogen (secondary N) is 1. The first-order chi connectivity index (χ1) is 15.6. The van der Waals surface area contributed by atoms with Gasteiger partial charge in [0.15, 0.2) is 0 Å². The van der Waals surface area contributed by atoms with E-state index in [0.717, 1.165) is 38.9 Å². The summed E-state index contributed by atoms with van der Waals surface area (Å²) >= 11 is 0. The van der Waals surface area contributed by atoms with Crippen LogP contribution in [0.4, 0.5) is 0 Å². The van der Waals surface area contributed by atoms with E-state index in [1.807, 2.05) is 30.3 Å². The molecule has 4 rings (SSSR count). The molecule has 0 aromatic heterocycles. The molecule has 1 heterocycles. The van der Waals surface area contributed by atoms with Gasteiger partial charge in [-0.2, -0.15) is 0 Å². The second-order valence-electron chi connectivity index (χ2n) is 8.26. The summed E-state index contributed by atoms with van der Waals surface area (Å²) < 4.78 is 33.7. The second-order valence-corrected chi connectivity index (χ2v) is 10.0. The summed E-state index contributed by atoms with van der Waals surface area (Å²) in [6.45, 7) is 3.18. The van der Waals surface area contributed by atoms with E-state index < -0.39 is 10.0 Å². The number of ether oxygens (including phenoxy) is 1. The van der Waals surface area contributed by atoms with Crippen LogP contribution < -0.4 is 9.46 Å². The van der Waals surface area contributed by atoms with Gasteiger partial charge in [-0.1, -0.05) is 48.5 Å². The summed E-state index contributed by atoms with van der Waals surface area (Å²) in [5.41, 5.74) is 1.40. The lowest BCUT2D eigenvalue weighted by Gasteiger charge is -2.32. The first-order valence-corrected chi connectivity index (χ1v) is 12.7. The number of benzene rings is 3. The van der Waals surface area contributed by atoms with Crippen molar-refractivity contribution in [3.8, 4) is 11.5 Å². The maximum absolute atomic E-state index is 12.6. The fourth-order valence-corrected chi connectivity index (χ4v) is 5.12. The third kappa shape index (κ3) is 6.42. The van der Waals surface area contributed by atoms with Gasteiger partial charge in [-0.25, -0.2) is 13.1 Å². The van der Waals surface area contributed by atoms with Crippen LogP contribution in [0.25, 0.3) is 0 Å². The Labute approximate surface area is 191 Å². The smallest absolute Gasteiger partial charge is 0.240 e. The minimum atomic E-state index is -3.53. The van der Waals surface area contributed by atoms with Crippen molar-refractivity contribution in [1.82, 2.24) is 9.62 Å². The number of piperidine rings is 1. The van der Waals surface area contributed by atoms with Crippen molar-refractivity contribution in [3.05, 3.63) is 90.5 Å². The Hall–Kier alpha value is -2.67. The van der Waals surface area contributed by atoms with Gasteiger partial charge in [0.05, 0.1) is 4.90 Å². The molecular weight excluding hydrogens is 420 g/mol. The SMILES string of the molecule is O=S(=O)(NCCN1CCC(Cc2ccccc2)CC1)c1ccc(Oc2ccccc2)cc1. The normalized spacial score (nSPS) is 15.5. The molecule has 0 aliphatic carbocycles. The molecule has 1 saturated heterocycles. The summed E-state index contributed by atoms with van der Waals surface area (Å²) in [7, 11) is -3.53. The Morgan fingerprint density at radius 1 is 0.812 bits per heavy atom. The molecule has 0 bridgehead atoms. The first kappa shape index (κ1) is 22.5. The molecule has 3 aromatic rings. The molecule has 32 heavy (non-hydrogen) atoms. The van der Waals surface area contributed by atoms with Gasteiger partial charge < -0.3 is 9.64 Å². The van der Waals surface area contributed by atoms with Crippen LogP contribution in [-0.2, 0) is 16.4 Å². The number of sulfonamides is 1. The number of para-hydroxylation sites is 1. The second kappa shape index (κ2) is 10.8. The van der Waals surface area contributed by atoms with Gasteiger partial charge >= 0.3 is 0 Å². The Bertz CT molecular complexity index is 1060. The highest BCUT2D eigenvalue weighted by Gasteiger charge is 2.20. The lowest BCUT2D eigenvalue weighted by atomic mass is 9.90. The van der Waals surface area contributed by atoms with Crippen molar-refractivity contribution < 1.29 is 13.2 Å². The Kier molecular flexibility index (Phi) is 7.58. The highest BCUT2D eigenvalue weighted by atomic mass is 32.2. The quantitative estimate of drug-likeness (QED) is 0.513. The van der Waals surface area contributed by atoms with Crippen molar-refractivity contribution in [3.63, 3.8) is 0 Å². The predicted molar refractivity (Wildman–Crippen MR) is 127 cm³/mol. The van der Waals surface area contributed by atoms with Crippen molar-refractivity contribution in [1.29, 1.82) is 0 Å². The van der Waals surface area contributed by atoms with Gasteiger partial charge in [-0.3, -0.25) is 0 Å². The minimum Gasteiger partial charge on any atom is -0.457 e. The van der Waals surface area contributed by atoms with Crippen LogP contribution in [-0.4, -0.2) is 39.5 Å². The van der Waals surface area contributed by atoms with Crippen LogP contribution >= 0.6 is 0 Å². The monoisotopic (exact) mass is 450 g/mol. The fourth-order valence-electron chi connectivity index (χ4n) is 4.09. The minimum absolute atomic E-state index is 0.250. The number of nitrogens with zero attached hydrogens (tertiary/aromatic N) is 1. The Morgan fingerprint density at radius 3 is 2.06 bits per heavy atom. The molecule has 1 aliphatic heterocycles. The number of likely N-dealkylation sites (tertiary alicyclic amines) is 1. The van der Waals surface area contributed by atoms with E-state index in [9.17, 15) is 8.42 Å². The van der Waals surface area contributed by atoms with E-state index in [1.165, 1.54) is 5.56 Å². The average Bonchev–Trinajstić information content (AvgIpc) is 2.82. The molecule has 168 valence electrons. The molecule has 0 radical (unpaired) electrons. The van der Waals surface area contributed by atoms with Crippen molar-refractivity contribution in [2.24, 2.45) is 5.92 Å². The third-order valence-corrected chi connectivity index (χ3v) is 7.38. The highest BCUT2D eigenvalue weighted by Crippen LogP contribution is 2.23. The Balaban J connectivity index is 1.21. The summed E-state index contributed by atoms with van der Waals surface area (Å²) in [5, 5.41) is 0. The fraction of sp³-hybridized carbons (Fsp3) is 0.308. The van der Waals surface area contributed by atoms with Gasteiger partial charge in [0.2, 0.25) is 10.0 Å². The number of hydrogen-bond donors (Lipinski definition) is 1. The molecule has 1 fully saturated rings. The van der Waals surface area contributed by atoms with Crippen molar-refractivity contribution in [2.45, 2.75) is 24.2 Å². The lowest BCUT2D eigenvalue weighted by molar-refractivity contribution is 0.187. The molecule has 0 unspecified atom stereocenters. The van der Waals surface area contributed by atoms with Crippen LogP contribution in [0.15, 0.2) is 89.8 Å². The largest absolute Gasteiger partial charge is 0.457 e. The molecule has 3 aromatic carbocycles. The summed E-state index contributed by atoms with van der Waals surface area (Å²) in [6.07, 6.45) is 3.44. The van der Waals surface area contributed by atoms with Crippen LogP contribution in [0.2, 0.25) is 0 Å². The molecule has 0 amide bonds. The predicted octanol–water partition coefficient (Wildman–Crippen LogP) is 4.71. The summed E-state index contributed by atoms with van der Waals surface area (Å²) in [4.78, 5) is 2.60. The van der Waals surface area contributed by atoms with Gasteiger partial charge in [0.1, 0.15) is 11.5 Å². The number of rotatable bonds is 9. The standard InChI is InChI=1S/C26H30N2O3S/c29-32(30,26-13-11-25(12-14-26)31-24-9-5-2-6-10-24)27-17-20-28-18-15-23(16-19-28)21-22-7-3-1-4-8-22/h1-14,23,27H,15-21H2. The summed E-state index contributed by atoms with van der Waals surface area (Å²) in [6, 6.07) is 26.6. The van der Waals surface area contributed by atoms with E-state index in [0.29, 0.717) is 24.0 Å².